The quantitative estimate of drug-likeness (QED) is 0.136. The Balaban J connectivity index is 1.74. The lowest BCUT2D eigenvalue weighted by atomic mass is 9.43. The van der Waals surface area contributed by atoms with Gasteiger partial charge in [0.15, 0.2) is 5.78 Å². The van der Waals surface area contributed by atoms with E-state index in [1.807, 2.05) is 6.92 Å². The van der Waals surface area contributed by atoms with Gasteiger partial charge in [0.1, 0.15) is 18.3 Å². The van der Waals surface area contributed by atoms with E-state index in [1.54, 1.807) is 0 Å². The number of allylic oxidation sites excluding steroid dienone is 2. The van der Waals surface area contributed by atoms with Crippen LogP contribution >= 0.6 is 0 Å². The highest BCUT2D eigenvalue weighted by molar-refractivity contribution is 5.87. The molecule has 4 aliphatic rings. The lowest BCUT2D eigenvalue weighted by Gasteiger charge is -2.64. The van der Waals surface area contributed by atoms with Gasteiger partial charge in [0.25, 0.3) is 0 Å². The van der Waals surface area contributed by atoms with Crippen molar-refractivity contribution in [3.63, 3.8) is 0 Å². The zero-order chi connectivity index (χ0) is 31.0. The summed E-state index contributed by atoms with van der Waals surface area (Å²) in [5, 5.41) is 0. The van der Waals surface area contributed by atoms with Gasteiger partial charge in [-0.25, -0.2) is 0 Å². The van der Waals surface area contributed by atoms with Gasteiger partial charge in [0.05, 0.1) is 12.9 Å². The summed E-state index contributed by atoms with van der Waals surface area (Å²) in [6.45, 7) is 13.3. The molecule has 4 fully saturated rings. The van der Waals surface area contributed by atoms with E-state index in [1.165, 1.54) is 34.0 Å². The molecule has 0 unspecified atom stereocenters. The number of carbonyl (C=O) groups is 4. The molecule has 0 N–H and O–H groups in total. The number of methoxy groups -OCH3 is 1. The van der Waals surface area contributed by atoms with Gasteiger partial charge in [-0.15, -0.1) is 0 Å². The fourth-order valence-corrected chi connectivity index (χ4v) is 10.2. The van der Waals surface area contributed by atoms with Gasteiger partial charge in [-0.3, -0.25) is 19.2 Å². The first-order chi connectivity index (χ1) is 19.7. The molecule has 0 saturated heterocycles. The number of rotatable bonds is 9. The number of hydrogen-bond donors (Lipinski definition) is 0. The Morgan fingerprint density at radius 3 is 2.07 bits per heavy atom. The van der Waals surface area contributed by atoms with Crippen LogP contribution in [-0.2, 0) is 38.1 Å². The molecule has 0 aromatic rings. The SMILES string of the molecule is COC(=O)CC[C@@H](C)[C@H]1CC[C@H]2[C@@H]3[C@@H](O/C(C)=C\C(C)=O)[C@@H](OC(C)=O)[C@@H]4C[C@H](OC(C)=O)CC[C@]4(C)[C@H]3CC[C@]12C. The predicted molar refractivity (Wildman–Crippen MR) is 157 cm³/mol. The summed E-state index contributed by atoms with van der Waals surface area (Å²) in [4.78, 5) is 48.5. The molecule has 8 nitrogen and oxygen atoms in total. The molecule has 0 radical (unpaired) electrons. The molecule has 0 amide bonds. The molecular weight excluding hydrogens is 536 g/mol. The van der Waals surface area contributed by atoms with Gasteiger partial charge in [-0.2, -0.15) is 0 Å². The van der Waals surface area contributed by atoms with Crippen LogP contribution in [0.15, 0.2) is 11.8 Å². The molecule has 0 aliphatic heterocycles. The van der Waals surface area contributed by atoms with Crippen molar-refractivity contribution >= 4 is 23.7 Å². The fraction of sp³-hybridized carbons (Fsp3) is 0.824. The molecular formula is C34H52O8. The standard InChI is InChI=1S/C34H52O8/c1-19(9-12-29(38)39-8)25-10-11-26-30-27(14-16-33(25,26)6)34(7)15-13-24(41-22(4)36)18-28(34)31(42-23(5)37)32(30)40-21(3)17-20(2)35/h17,19,24-28,30-32H,9-16,18H2,1-8H3/b21-17-/t19-,24-,25-,26+,27+,28+,30+,31+,32-,33-,34-/m1/s1. The maximum atomic E-state index is 12.6. The van der Waals surface area contributed by atoms with E-state index < -0.39 is 12.2 Å². The Morgan fingerprint density at radius 1 is 0.810 bits per heavy atom. The Morgan fingerprint density at radius 2 is 1.45 bits per heavy atom. The number of ether oxygens (including phenoxy) is 4. The summed E-state index contributed by atoms with van der Waals surface area (Å²) in [7, 11) is 1.44. The van der Waals surface area contributed by atoms with Crippen molar-refractivity contribution in [3.8, 4) is 0 Å². The van der Waals surface area contributed by atoms with Crippen LogP contribution in [-0.4, -0.2) is 49.1 Å². The highest BCUT2D eigenvalue weighted by atomic mass is 16.6. The van der Waals surface area contributed by atoms with Gasteiger partial charge in [0, 0.05) is 38.2 Å². The Labute approximate surface area is 251 Å². The average molecular weight is 589 g/mol. The maximum Gasteiger partial charge on any atom is 0.305 e. The fourth-order valence-electron chi connectivity index (χ4n) is 10.2. The zero-order valence-corrected chi connectivity index (χ0v) is 26.9. The minimum atomic E-state index is -0.513. The zero-order valence-electron chi connectivity index (χ0n) is 26.9. The van der Waals surface area contributed by atoms with E-state index in [0.717, 1.165) is 44.9 Å². The predicted octanol–water partition coefficient (Wildman–Crippen LogP) is 6.20. The second kappa shape index (κ2) is 12.7. The molecule has 0 aromatic carbocycles. The lowest BCUT2D eigenvalue weighted by molar-refractivity contribution is -0.238. The Kier molecular flexibility index (Phi) is 9.83. The van der Waals surface area contributed by atoms with Crippen LogP contribution in [0.25, 0.3) is 0 Å². The minimum absolute atomic E-state index is 0.0311. The first kappa shape index (κ1) is 32.5. The topological polar surface area (TPSA) is 105 Å². The number of carbonyl (C=O) groups excluding carboxylic acids is 4. The van der Waals surface area contributed by atoms with E-state index in [9.17, 15) is 19.2 Å². The number of fused-ring (bicyclic) bond motifs is 5. The van der Waals surface area contributed by atoms with E-state index in [2.05, 4.69) is 20.8 Å². The van der Waals surface area contributed by atoms with Gasteiger partial charge in [-0.1, -0.05) is 20.8 Å². The molecule has 0 bridgehead atoms. The Bertz CT molecular complexity index is 1080. The second-order valence-electron chi connectivity index (χ2n) is 14.3. The molecule has 4 rings (SSSR count). The number of ketones is 1. The van der Waals surface area contributed by atoms with Crippen LogP contribution in [0, 0.1) is 46.3 Å². The molecule has 8 heteroatoms. The molecule has 0 aromatic heterocycles. The molecule has 11 atom stereocenters. The van der Waals surface area contributed by atoms with Crippen LogP contribution in [0.4, 0.5) is 0 Å². The van der Waals surface area contributed by atoms with E-state index in [-0.39, 0.29) is 52.5 Å². The normalized spacial score (nSPS) is 40.0. The smallest absolute Gasteiger partial charge is 0.305 e. The first-order valence-electron chi connectivity index (χ1n) is 16.0. The van der Waals surface area contributed by atoms with Crippen molar-refractivity contribution in [3.05, 3.63) is 11.8 Å². The molecule has 0 spiro atoms. The van der Waals surface area contributed by atoms with Gasteiger partial charge in [0.2, 0.25) is 0 Å². The monoisotopic (exact) mass is 588 g/mol. The van der Waals surface area contributed by atoms with Crippen LogP contribution in [0.5, 0.6) is 0 Å². The highest BCUT2D eigenvalue weighted by Crippen LogP contribution is 2.69. The maximum absolute atomic E-state index is 12.6. The van der Waals surface area contributed by atoms with Crippen LogP contribution in [0.2, 0.25) is 0 Å². The molecule has 236 valence electrons. The molecule has 4 saturated carbocycles. The van der Waals surface area contributed by atoms with Crippen LogP contribution in [0.1, 0.15) is 106 Å². The highest BCUT2D eigenvalue weighted by Gasteiger charge is 2.67. The van der Waals surface area contributed by atoms with Crippen molar-refractivity contribution in [1.29, 1.82) is 0 Å². The summed E-state index contributed by atoms with van der Waals surface area (Å²) in [6, 6.07) is 0. The van der Waals surface area contributed by atoms with E-state index >= 15 is 0 Å². The van der Waals surface area contributed by atoms with Gasteiger partial charge in [-0.05, 0) is 99.7 Å². The molecule has 4 aliphatic carbocycles. The minimum Gasteiger partial charge on any atom is -0.491 e. The van der Waals surface area contributed by atoms with Gasteiger partial charge < -0.3 is 18.9 Å². The average Bonchev–Trinajstić information content (AvgIpc) is 3.25. The van der Waals surface area contributed by atoms with Crippen LogP contribution in [0.3, 0.4) is 0 Å². The Hall–Kier alpha value is -2.38. The summed E-state index contributed by atoms with van der Waals surface area (Å²) < 4.78 is 23.6. The first-order valence-corrected chi connectivity index (χ1v) is 16.0. The lowest BCUT2D eigenvalue weighted by Crippen LogP contribution is -2.65. The third kappa shape index (κ3) is 6.28. The molecule has 42 heavy (non-hydrogen) atoms. The summed E-state index contributed by atoms with van der Waals surface area (Å²) in [6.07, 6.45) is 8.24. The third-order valence-electron chi connectivity index (χ3n) is 11.8. The number of hydrogen-bond acceptors (Lipinski definition) is 8. The van der Waals surface area contributed by atoms with Crippen molar-refractivity contribution in [1.82, 2.24) is 0 Å². The van der Waals surface area contributed by atoms with Crippen molar-refractivity contribution in [2.45, 2.75) is 125 Å². The van der Waals surface area contributed by atoms with Crippen molar-refractivity contribution in [2.24, 2.45) is 46.3 Å². The number of esters is 3. The molecule has 0 heterocycles. The summed E-state index contributed by atoms with van der Waals surface area (Å²) >= 11 is 0. The van der Waals surface area contributed by atoms with Gasteiger partial charge >= 0.3 is 17.9 Å². The third-order valence-corrected chi connectivity index (χ3v) is 11.8. The van der Waals surface area contributed by atoms with Crippen molar-refractivity contribution in [2.75, 3.05) is 7.11 Å². The van der Waals surface area contributed by atoms with E-state index in [4.69, 9.17) is 18.9 Å². The van der Waals surface area contributed by atoms with Crippen LogP contribution < -0.4 is 0 Å². The van der Waals surface area contributed by atoms with E-state index in [0.29, 0.717) is 42.3 Å². The van der Waals surface area contributed by atoms with Crippen molar-refractivity contribution < 1.29 is 38.1 Å². The largest absolute Gasteiger partial charge is 0.491 e. The summed E-state index contributed by atoms with van der Waals surface area (Å²) in [5.41, 5.74) is -0.0369. The summed E-state index contributed by atoms with van der Waals surface area (Å²) in [5.74, 6) is 1.32. The second-order valence-corrected chi connectivity index (χ2v) is 14.3.